The van der Waals surface area contributed by atoms with Crippen LogP contribution in [-0.4, -0.2) is 17.7 Å². The van der Waals surface area contributed by atoms with Crippen molar-refractivity contribution in [2.75, 3.05) is 12.3 Å². The normalized spacial score (nSPS) is 22.4. The van der Waals surface area contributed by atoms with Crippen LogP contribution in [0.2, 0.25) is 10.0 Å². The lowest BCUT2D eigenvalue weighted by atomic mass is 9.95. The Bertz CT molecular complexity index is 382. The fraction of sp³-hybridized carbons (Fsp3) is 0.500. The molecule has 0 aliphatic carbocycles. The predicted octanol–water partition coefficient (Wildman–Crippen LogP) is 2.75. The van der Waals surface area contributed by atoms with Crippen molar-refractivity contribution in [1.29, 1.82) is 0 Å². The first-order chi connectivity index (χ1) is 8.09. The van der Waals surface area contributed by atoms with E-state index >= 15 is 0 Å². The van der Waals surface area contributed by atoms with Crippen molar-refractivity contribution >= 4 is 28.9 Å². The van der Waals surface area contributed by atoms with Gasteiger partial charge in [-0.05, 0) is 37.1 Å². The van der Waals surface area contributed by atoms with E-state index in [9.17, 15) is 5.11 Å². The van der Waals surface area contributed by atoms with Crippen molar-refractivity contribution in [2.45, 2.75) is 31.4 Å². The molecule has 17 heavy (non-hydrogen) atoms. The molecular weight excluding hydrogens is 259 g/mol. The number of aliphatic hydroxyl groups excluding tert-OH is 1. The van der Waals surface area contributed by atoms with Crippen LogP contribution < -0.4 is 11.1 Å². The van der Waals surface area contributed by atoms with E-state index in [4.69, 9.17) is 28.9 Å². The van der Waals surface area contributed by atoms with E-state index in [0.717, 1.165) is 25.8 Å². The van der Waals surface area contributed by atoms with Crippen LogP contribution in [0.4, 0.5) is 5.69 Å². The fourth-order valence-corrected chi connectivity index (χ4v) is 2.66. The molecule has 0 saturated carbocycles. The van der Waals surface area contributed by atoms with Crippen LogP contribution in [0.25, 0.3) is 0 Å². The standard InChI is InChI=1S/C12H16Cl2N2O/c13-8-5-7(6-9(14)11(8)15)12(17)10-3-1-2-4-16-10/h5-6,10,12,16-17H,1-4,15H2/t10-,12-/m0/s1. The van der Waals surface area contributed by atoms with Crippen LogP contribution in [0, 0.1) is 0 Å². The second kappa shape index (κ2) is 5.44. The quantitative estimate of drug-likeness (QED) is 0.727. The Hall–Kier alpha value is -0.480. The number of benzene rings is 1. The summed E-state index contributed by atoms with van der Waals surface area (Å²) < 4.78 is 0. The minimum atomic E-state index is -0.592. The van der Waals surface area contributed by atoms with Gasteiger partial charge in [0.2, 0.25) is 0 Å². The largest absolute Gasteiger partial charge is 0.396 e. The number of nitrogens with one attached hydrogen (secondary N) is 1. The molecule has 1 aromatic carbocycles. The minimum absolute atomic E-state index is 0.0690. The molecule has 3 nitrogen and oxygen atoms in total. The van der Waals surface area contributed by atoms with Crippen LogP contribution in [0.5, 0.6) is 0 Å². The van der Waals surface area contributed by atoms with Gasteiger partial charge in [0, 0.05) is 6.04 Å². The number of anilines is 1. The molecule has 0 spiro atoms. The highest BCUT2D eigenvalue weighted by atomic mass is 35.5. The van der Waals surface area contributed by atoms with Crippen LogP contribution in [0.15, 0.2) is 12.1 Å². The van der Waals surface area contributed by atoms with Crippen molar-refractivity contribution in [3.63, 3.8) is 0 Å². The number of nitrogen functional groups attached to an aromatic ring is 1. The highest BCUT2D eigenvalue weighted by molar-refractivity contribution is 6.38. The van der Waals surface area contributed by atoms with Gasteiger partial charge in [-0.15, -0.1) is 0 Å². The summed E-state index contributed by atoms with van der Waals surface area (Å²) in [5, 5.41) is 14.4. The number of hydrogen-bond acceptors (Lipinski definition) is 3. The van der Waals surface area contributed by atoms with E-state index in [-0.39, 0.29) is 6.04 Å². The molecule has 2 atom stereocenters. The second-order valence-corrected chi connectivity index (χ2v) is 5.21. The maximum absolute atomic E-state index is 10.3. The zero-order valence-corrected chi connectivity index (χ0v) is 10.9. The van der Waals surface area contributed by atoms with Crippen molar-refractivity contribution in [2.24, 2.45) is 0 Å². The molecule has 4 N–H and O–H groups in total. The van der Waals surface area contributed by atoms with Gasteiger partial charge < -0.3 is 16.2 Å². The van der Waals surface area contributed by atoms with Gasteiger partial charge in [-0.1, -0.05) is 29.6 Å². The molecule has 1 aliphatic heterocycles. The molecule has 0 unspecified atom stereocenters. The topological polar surface area (TPSA) is 58.3 Å². The van der Waals surface area contributed by atoms with E-state index < -0.39 is 6.10 Å². The lowest BCUT2D eigenvalue weighted by molar-refractivity contribution is 0.114. The van der Waals surface area contributed by atoms with Gasteiger partial charge in [0.25, 0.3) is 0 Å². The summed E-state index contributed by atoms with van der Waals surface area (Å²) in [6, 6.07) is 3.44. The maximum atomic E-state index is 10.3. The summed E-state index contributed by atoms with van der Waals surface area (Å²) in [6.07, 6.45) is 2.66. The van der Waals surface area contributed by atoms with E-state index in [1.807, 2.05) is 0 Å². The van der Waals surface area contributed by atoms with E-state index in [2.05, 4.69) is 5.32 Å². The molecule has 0 radical (unpaired) electrons. The van der Waals surface area contributed by atoms with Crippen molar-refractivity contribution in [1.82, 2.24) is 5.32 Å². The first kappa shape index (κ1) is 13.0. The van der Waals surface area contributed by atoms with E-state index in [1.165, 1.54) is 0 Å². The molecule has 5 heteroatoms. The van der Waals surface area contributed by atoms with Gasteiger partial charge in [0.1, 0.15) is 0 Å². The maximum Gasteiger partial charge on any atom is 0.0944 e. The number of piperidine rings is 1. The number of hydrogen-bond donors (Lipinski definition) is 3. The third-order valence-electron chi connectivity index (χ3n) is 3.17. The zero-order valence-electron chi connectivity index (χ0n) is 9.42. The lowest BCUT2D eigenvalue weighted by Crippen LogP contribution is -2.38. The van der Waals surface area contributed by atoms with Crippen LogP contribution in [0.3, 0.4) is 0 Å². The molecule has 1 saturated heterocycles. The average molecular weight is 275 g/mol. The van der Waals surface area contributed by atoms with Crippen molar-refractivity contribution in [3.8, 4) is 0 Å². The van der Waals surface area contributed by atoms with Gasteiger partial charge in [0.05, 0.1) is 21.8 Å². The molecule has 1 fully saturated rings. The Morgan fingerprint density at radius 1 is 1.29 bits per heavy atom. The first-order valence-corrected chi connectivity index (χ1v) is 6.51. The van der Waals surface area contributed by atoms with Crippen LogP contribution in [-0.2, 0) is 0 Å². The second-order valence-electron chi connectivity index (χ2n) is 4.40. The van der Waals surface area contributed by atoms with Gasteiger partial charge >= 0.3 is 0 Å². The molecular formula is C12H16Cl2N2O. The van der Waals surface area contributed by atoms with Crippen LogP contribution >= 0.6 is 23.2 Å². The van der Waals surface area contributed by atoms with E-state index in [0.29, 0.717) is 21.3 Å². The first-order valence-electron chi connectivity index (χ1n) is 5.75. The highest BCUT2D eigenvalue weighted by Crippen LogP contribution is 2.33. The number of rotatable bonds is 2. The monoisotopic (exact) mass is 274 g/mol. The zero-order chi connectivity index (χ0) is 12.4. The Balaban J connectivity index is 2.21. The Morgan fingerprint density at radius 3 is 2.47 bits per heavy atom. The molecule has 0 aromatic heterocycles. The third-order valence-corrected chi connectivity index (χ3v) is 3.80. The smallest absolute Gasteiger partial charge is 0.0944 e. The van der Waals surface area contributed by atoms with Gasteiger partial charge in [-0.2, -0.15) is 0 Å². The molecule has 0 amide bonds. The van der Waals surface area contributed by atoms with Crippen molar-refractivity contribution in [3.05, 3.63) is 27.7 Å². The summed E-state index contributed by atoms with van der Waals surface area (Å²) in [4.78, 5) is 0. The molecule has 0 bridgehead atoms. The summed E-state index contributed by atoms with van der Waals surface area (Å²) in [5.74, 6) is 0. The molecule has 1 aromatic rings. The predicted molar refractivity (Wildman–Crippen MR) is 71.5 cm³/mol. The summed E-state index contributed by atoms with van der Waals surface area (Å²) >= 11 is 11.9. The average Bonchev–Trinajstić information content (AvgIpc) is 2.35. The minimum Gasteiger partial charge on any atom is -0.396 e. The van der Waals surface area contributed by atoms with Gasteiger partial charge in [-0.3, -0.25) is 0 Å². The Labute approximate surface area is 111 Å². The van der Waals surface area contributed by atoms with Gasteiger partial charge in [-0.25, -0.2) is 0 Å². The van der Waals surface area contributed by atoms with Crippen molar-refractivity contribution < 1.29 is 5.11 Å². The number of halogens is 2. The highest BCUT2D eigenvalue weighted by Gasteiger charge is 2.23. The summed E-state index contributed by atoms with van der Waals surface area (Å²) in [7, 11) is 0. The van der Waals surface area contributed by atoms with Gasteiger partial charge in [0.15, 0.2) is 0 Å². The molecule has 1 aliphatic rings. The lowest BCUT2D eigenvalue weighted by Gasteiger charge is -2.28. The number of aliphatic hydroxyl groups is 1. The molecule has 94 valence electrons. The Kier molecular flexibility index (Phi) is 4.15. The fourth-order valence-electron chi connectivity index (χ4n) is 2.16. The SMILES string of the molecule is Nc1c(Cl)cc([C@H](O)[C@@H]2CCCCN2)cc1Cl. The van der Waals surface area contributed by atoms with E-state index in [1.54, 1.807) is 12.1 Å². The van der Waals surface area contributed by atoms with Crippen LogP contribution in [0.1, 0.15) is 30.9 Å². The summed E-state index contributed by atoms with van der Waals surface area (Å²) in [5.41, 5.74) is 6.75. The number of nitrogens with two attached hydrogens (primary N) is 1. The third kappa shape index (κ3) is 2.86. The molecule has 2 rings (SSSR count). The Morgan fingerprint density at radius 2 is 1.94 bits per heavy atom. The molecule has 1 heterocycles. The summed E-state index contributed by atoms with van der Waals surface area (Å²) in [6.45, 7) is 0.943.